The summed E-state index contributed by atoms with van der Waals surface area (Å²) in [6, 6.07) is 10.4. The zero-order valence-electron chi connectivity index (χ0n) is 13.2. The molecule has 0 bridgehead atoms. The molecule has 1 radical (unpaired) electrons. The topological polar surface area (TPSA) is 71.9 Å². The third kappa shape index (κ3) is 4.89. The average molecular weight is 656 g/mol. The van der Waals surface area contributed by atoms with Crippen LogP contribution in [-0.4, -0.2) is 9.97 Å². The summed E-state index contributed by atoms with van der Waals surface area (Å²) in [6.07, 6.45) is 3.19. The van der Waals surface area contributed by atoms with E-state index in [1.165, 1.54) is 0 Å². The summed E-state index contributed by atoms with van der Waals surface area (Å²) in [4.78, 5) is 8.00. The number of nitrogens with zero attached hydrogens (tertiary/aromatic N) is 2. The monoisotopic (exact) mass is 655 g/mol. The Morgan fingerprint density at radius 3 is 1.48 bits per heavy atom. The number of fused-ring (bicyclic) bond motifs is 2. The summed E-state index contributed by atoms with van der Waals surface area (Å²) in [5, 5.41) is 25.7. The summed E-state index contributed by atoms with van der Waals surface area (Å²) < 4.78 is 1.21. The molecule has 4 rings (SSSR count). The first-order valence-electron chi connectivity index (χ1n) is 7.19. The molecule has 0 spiro atoms. The van der Waals surface area contributed by atoms with Crippen LogP contribution in [-0.2, 0) is 17.1 Å². The minimum atomic E-state index is -0.0550. The number of hydrogen-bond acceptors (Lipinski definition) is 4. The second kappa shape index (κ2) is 9.75. The summed E-state index contributed by atoms with van der Waals surface area (Å²) in [6.45, 7) is 0. The normalized spacial score (nSPS) is 10.2. The second-order valence-corrected chi connectivity index (χ2v) is 8.28. The van der Waals surface area contributed by atoms with Gasteiger partial charge < -0.3 is 10.2 Å². The van der Waals surface area contributed by atoms with Gasteiger partial charge in [-0.2, -0.15) is 0 Å². The standard InChI is InChI=1S/2C9H5ClINO.Mn/c2*10-6-4-7(11)9(13)8-5(6)2-1-3-12-8;/h2*1-4,13H;/q;;+2/p-2/i2*11-4;. The van der Waals surface area contributed by atoms with Crippen LogP contribution in [0.25, 0.3) is 21.8 Å². The van der Waals surface area contributed by atoms with Crippen LogP contribution in [0.3, 0.4) is 0 Å². The largest absolute Gasteiger partial charge is 2.00 e. The van der Waals surface area contributed by atoms with Crippen LogP contribution < -0.4 is 10.2 Å². The molecule has 0 atom stereocenters. The molecule has 4 aromatic rings. The van der Waals surface area contributed by atoms with Crippen molar-refractivity contribution < 1.29 is 27.3 Å². The predicted molar refractivity (Wildman–Crippen MR) is 118 cm³/mol. The average Bonchev–Trinajstić information content (AvgIpc) is 2.65. The number of pyridine rings is 2. The van der Waals surface area contributed by atoms with E-state index in [0.717, 1.165) is 10.8 Å². The third-order valence-electron chi connectivity index (χ3n) is 3.50. The molecule has 27 heavy (non-hydrogen) atoms. The van der Waals surface area contributed by atoms with Crippen LogP contribution in [0, 0.1) is 7.14 Å². The Morgan fingerprint density at radius 1 is 0.741 bits per heavy atom. The van der Waals surface area contributed by atoms with Crippen molar-refractivity contribution in [2.24, 2.45) is 0 Å². The second-order valence-electron chi connectivity index (χ2n) is 5.14. The van der Waals surface area contributed by atoms with E-state index in [4.69, 9.17) is 23.2 Å². The quantitative estimate of drug-likeness (QED) is 0.195. The Balaban J connectivity index is 0.000000187. The van der Waals surface area contributed by atoms with Crippen molar-refractivity contribution in [3.8, 4) is 11.5 Å². The zero-order chi connectivity index (χ0) is 18.8. The van der Waals surface area contributed by atoms with Crippen molar-refractivity contribution in [1.82, 2.24) is 9.97 Å². The number of hydrogen-bond donors (Lipinski definition) is 0. The van der Waals surface area contributed by atoms with Crippen molar-refractivity contribution in [3.05, 3.63) is 66.0 Å². The number of aromatic nitrogens is 2. The van der Waals surface area contributed by atoms with Gasteiger partial charge in [-0.15, -0.1) is 0 Å². The fourth-order valence-electron chi connectivity index (χ4n) is 2.29. The van der Waals surface area contributed by atoms with Gasteiger partial charge in [-0.05, 0) is 81.6 Å². The van der Waals surface area contributed by atoms with E-state index in [1.54, 1.807) is 48.8 Å². The van der Waals surface area contributed by atoms with Gasteiger partial charge in [-0.3, -0.25) is 9.97 Å². The third-order valence-corrected chi connectivity index (χ3v) is 5.73. The molecule has 2 aromatic heterocycles. The molecule has 2 aromatic carbocycles. The fraction of sp³-hybridized carbons (Fsp3) is 0. The van der Waals surface area contributed by atoms with E-state index in [1.807, 2.05) is 45.2 Å². The van der Waals surface area contributed by atoms with Gasteiger partial charge in [0.25, 0.3) is 0 Å². The van der Waals surface area contributed by atoms with E-state index >= 15 is 0 Å². The first-order valence-corrected chi connectivity index (χ1v) is 10.1. The summed E-state index contributed by atoms with van der Waals surface area (Å²) >= 11 is 15.8. The molecule has 0 N–H and O–H groups in total. The van der Waals surface area contributed by atoms with Crippen molar-refractivity contribution in [3.63, 3.8) is 0 Å². The fourth-order valence-corrected chi connectivity index (χ4v) is 4.32. The molecule has 2 heterocycles. The molecule has 9 heteroatoms. The van der Waals surface area contributed by atoms with E-state index in [9.17, 15) is 10.2 Å². The molecule has 4 nitrogen and oxygen atoms in total. The molecule has 0 aliphatic rings. The number of halogens is 4. The van der Waals surface area contributed by atoms with E-state index in [-0.39, 0.29) is 28.6 Å². The molecule has 0 amide bonds. The number of rotatable bonds is 0. The Hall–Kier alpha value is -0.581. The van der Waals surface area contributed by atoms with E-state index in [0.29, 0.717) is 28.2 Å². The van der Waals surface area contributed by atoms with Gasteiger partial charge in [0, 0.05) is 30.3 Å². The van der Waals surface area contributed by atoms with Crippen LogP contribution in [0.15, 0.2) is 48.8 Å². The summed E-state index contributed by atoms with van der Waals surface area (Å²) in [5.41, 5.74) is 0.888. The van der Waals surface area contributed by atoms with Gasteiger partial charge >= 0.3 is 17.1 Å². The minimum Gasteiger partial charge on any atom is -0.870 e. The van der Waals surface area contributed by atoms with Crippen molar-refractivity contribution in [2.75, 3.05) is 0 Å². The van der Waals surface area contributed by atoms with Crippen molar-refractivity contribution in [1.29, 1.82) is 0 Å². The SMILES string of the molecule is [Mn+2].[O-]c1c([123I])cc(Cl)c2cccnc12.[O-]c1c([123I])cc(Cl)c2cccnc12. The first-order chi connectivity index (χ1) is 12.4. The summed E-state index contributed by atoms with van der Waals surface area (Å²) in [5.74, 6) is -0.110. The van der Waals surface area contributed by atoms with Gasteiger partial charge in [-0.1, -0.05) is 34.7 Å². The van der Waals surface area contributed by atoms with Crippen LogP contribution >= 0.6 is 68.4 Å². The van der Waals surface area contributed by atoms with Gasteiger partial charge in [0.1, 0.15) is 0 Å². The molecule has 0 unspecified atom stereocenters. The Bertz CT molecular complexity index is 1040. The van der Waals surface area contributed by atoms with E-state index < -0.39 is 0 Å². The molecule has 0 aliphatic heterocycles. The maximum Gasteiger partial charge on any atom is 2.00 e. The van der Waals surface area contributed by atoms with Gasteiger partial charge in [0.2, 0.25) is 0 Å². The maximum absolute atomic E-state index is 11.6. The Morgan fingerprint density at radius 2 is 1.11 bits per heavy atom. The van der Waals surface area contributed by atoms with Crippen LogP contribution in [0.4, 0.5) is 0 Å². The van der Waals surface area contributed by atoms with Gasteiger partial charge in [0.05, 0.1) is 21.1 Å². The molecule has 0 fully saturated rings. The molecule has 0 saturated heterocycles. The van der Waals surface area contributed by atoms with Crippen LogP contribution in [0.1, 0.15) is 0 Å². The van der Waals surface area contributed by atoms with Crippen molar-refractivity contribution >= 4 is 90.2 Å². The first kappa shape index (κ1) is 22.7. The number of benzene rings is 2. The van der Waals surface area contributed by atoms with Crippen molar-refractivity contribution in [2.45, 2.75) is 0 Å². The van der Waals surface area contributed by atoms with Gasteiger partial charge in [-0.25, -0.2) is 0 Å². The molecule has 0 aliphatic carbocycles. The molecular weight excluding hydrogens is 648 g/mol. The Kier molecular flexibility index (Phi) is 8.20. The minimum absolute atomic E-state index is 0. The smallest absolute Gasteiger partial charge is 0.870 e. The molecule has 0 saturated carbocycles. The van der Waals surface area contributed by atoms with Crippen LogP contribution in [0.5, 0.6) is 11.5 Å². The van der Waals surface area contributed by atoms with E-state index in [2.05, 4.69) is 9.97 Å². The maximum atomic E-state index is 11.6. The molecule has 137 valence electrons. The summed E-state index contributed by atoms with van der Waals surface area (Å²) in [7, 11) is 0. The molecular formula is C18H8Cl2I2MnN2O2. The van der Waals surface area contributed by atoms with Crippen LogP contribution in [0.2, 0.25) is 10.0 Å². The zero-order valence-corrected chi connectivity index (χ0v) is 20.2. The Labute approximate surface area is 203 Å². The van der Waals surface area contributed by atoms with Gasteiger partial charge in [0.15, 0.2) is 0 Å². The predicted octanol–water partition coefficient (Wildman–Crippen LogP) is 5.13.